The highest BCUT2D eigenvalue weighted by atomic mass is 32.2. The first-order valence-electron chi connectivity index (χ1n) is 6.45. The lowest BCUT2D eigenvalue weighted by Gasteiger charge is -2.30. The molecule has 0 bridgehead atoms. The molecule has 6 heteroatoms. The molecular weight excluding hydrogens is 284 g/mol. The van der Waals surface area contributed by atoms with Crippen LogP contribution in [0.3, 0.4) is 0 Å². The standard InChI is InChI=1S/C14H15F2NO2S/c1-9-2-3-10(8-17)14(6-9)20(18,19)13-5-4-11(15)7-12(13)16/h4-5,7,9-10,14H,2-3,6H2,1H3. The monoisotopic (exact) mass is 299 g/mol. The molecule has 3 nitrogen and oxygen atoms in total. The predicted octanol–water partition coefficient (Wildman–Crippen LogP) is 3.07. The number of nitriles is 1. The van der Waals surface area contributed by atoms with Gasteiger partial charge < -0.3 is 0 Å². The number of hydrogen-bond donors (Lipinski definition) is 0. The van der Waals surface area contributed by atoms with Crippen LogP contribution in [0.5, 0.6) is 0 Å². The number of benzene rings is 1. The third kappa shape index (κ3) is 2.68. The first-order chi connectivity index (χ1) is 9.36. The van der Waals surface area contributed by atoms with Crippen LogP contribution in [-0.2, 0) is 9.84 Å². The molecule has 0 N–H and O–H groups in total. The van der Waals surface area contributed by atoms with E-state index in [1.54, 1.807) is 0 Å². The minimum absolute atomic E-state index is 0.169. The molecule has 2 rings (SSSR count). The molecule has 0 aliphatic heterocycles. The normalized spacial score (nSPS) is 27.0. The summed E-state index contributed by atoms with van der Waals surface area (Å²) in [6, 6.07) is 4.42. The first kappa shape index (κ1) is 14.9. The van der Waals surface area contributed by atoms with Gasteiger partial charge in [0.15, 0.2) is 9.84 Å². The summed E-state index contributed by atoms with van der Waals surface area (Å²) in [6.07, 6.45) is 1.61. The van der Waals surface area contributed by atoms with Gasteiger partial charge in [0.05, 0.1) is 17.2 Å². The number of halogens is 2. The Bertz CT molecular complexity index is 652. The van der Waals surface area contributed by atoms with Gasteiger partial charge in [0.2, 0.25) is 0 Å². The quantitative estimate of drug-likeness (QED) is 0.789. The fraction of sp³-hybridized carbons (Fsp3) is 0.500. The average molecular weight is 299 g/mol. The van der Waals surface area contributed by atoms with Crippen LogP contribution >= 0.6 is 0 Å². The zero-order chi connectivity index (χ0) is 14.9. The van der Waals surface area contributed by atoms with E-state index in [9.17, 15) is 17.2 Å². The molecule has 0 radical (unpaired) electrons. The maximum Gasteiger partial charge on any atom is 0.185 e. The third-order valence-corrected chi connectivity index (χ3v) is 6.08. The van der Waals surface area contributed by atoms with E-state index in [2.05, 4.69) is 0 Å². The predicted molar refractivity (Wildman–Crippen MR) is 69.4 cm³/mol. The largest absolute Gasteiger partial charge is 0.223 e. The van der Waals surface area contributed by atoms with Crippen LogP contribution in [0.25, 0.3) is 0 Å². The summed E-state index contributed by atoms with van der Waals surface area (Å²) in [7, 11) is -3.97. The molecule has 3 unspecified atom stereocenters. The molecule has 108 valence electrons. The van der Waals surface area contributed by atoms with Gasteiger partial charge in [-0.2, -0.15) is 5.26 Å². The van der Waals surface area contributed by atoms with Gasteiger partial charge in [0.1, 0.15) is 16.5 Å². The molecule has 1 aliphatic carbocycles. The molecule has 1 saturated carbocycles. The van der Waals surface area contributed by atoms with E-state index in [1.807, 2.05) is 13.0 Å². The maximum atomic E-state index is 13.7. The second-order valence-electron chi connectivity index (χ2n) is 5.31. The molecular formula is C14H15F2NO2S. The van der Waals surface area contributed by atoms with Crippen molar-refractivity contribution in [2.75, 3.05) is 0 Å². The molecule has 0 aromatic heterocycles. The van der Waals surface area contributed by atoms with E-state index < -0.39 is 37.5 Å². The molecule has 3 atom stereocenters. The average Bonchev–Trinajstić information content (AvgIpc) is 2.38. The van der Waals surface area contributed by atoms with Gasteiger partial charge in [0, 0.05) is 6.07 Å². The Labute approximate surface area is 117 Å². The lowest BCUT2D eigenvalue weighted by molar-refractivity contribution is 0.334. The van der Waals surface area contributed by atoms with Gasteiger partial charge in [-0.15, -0.1) is 0 Å². The van der Waals surface area contributed by atoms with Crippen molar-refractivity contribution in [1.29, 1.82) is 5.26 Å². The van der Waals surface area contributed by atoms with Gasteiger partial charge in [-0.1, -0.05) is 6.92 Å². The van der Waals surface area contributed by atoms with Crippen LogP contribution in [-0.4, -0.2) is 13.7 Å². The van der Waals surface area contributed by atoms with Crippen LogP contribution in [0.15, 0.2) is 23.1 Å². The smallest absolute Gasteiger partial charge is 0.185 e. The van der Waals surface area contributed by atoms with E-state index in [1.165, 1.54) is 0 Å². The Kier molecular flexibility index (Phi) is 4.09. The summed E-state index contributed by atoms with van der Waals surface area (Å²) in [5.74, 6) is -2.39. The molecule has 1 fully saturated rings. The van der Waals surface area contributed by atoms with E-state index in [-0.39, 0.29) is 5.92 Å². The minimum Gasteiger partial charge on any atom is -0.223 e. The zero-order valence-electron chi connectivity index (χ0n) is 11.0. The number of rotatable bonds is 2. The van der Waals surface area contributed by atoms with E-state index in [0.29, 0.717) is 18.9 Å². The summed E-state index contributed by atoms with van der Waals surface area (Å²) in [4.78, 5) is -0.516. The fourth-order valence-corrected chi connectivity index (χ4v) is 4.81. The van der Waals surface area contributed by atoms with Crippen LogP contribution in [0.2, 0.25) is 0 Å². The Morgan fingerprint density at radius 2 is 2.00 bits per heavy atom. The summed E-state index contributed by atoms with van der Waals surface area (Å²) in [5, 5.41) is 8.18. The van der Waals surface area contributed by atoms with Crippen LogP contribution in [0, 0.1) is 34.8 Å². The van der Waals surface area contributed by atoms with Gasteiger partial charge in [-0.25, -0.2) is 17.2 Å². The molecule has 0 amide bonds. The third-order valence-electron chi connectivity index (χ3n) is 3.82. The Morgan fingerprint density at radius 3 is 2.60 bits per heavy atom. The Balaban J connectivity index is 2.45. The van der Waals surface area contributed by atoms with E-state index in [4.69, 9.17) is 5.26 Å². The summed E-state index contributed by atoms with van der Waals surface area (Å²) < 4.78 is 51.7. The van der Waals surface area contributed by atoms with E-state index >= 15 is 0 Å². The van der Waals surface area contributed by atoms with Gasteiger partial charge in [-0.05, 0) is 37.3 Å². The van der Waals surface area contributed by atoms with Crippen molar-refractivity contribution < 1.29 is 17.2 Å². The van der Waals surface area contributed by atoms with Gasteiger partial charge in [0.25, 0.3) is 0 Å². The highest BCUT2D eigenvalue weighted by Crippen LogP contribution is 2.36. The molecule has 0 spiro atoms. The van der Waals surface area contributed by atoms with Crippen molar-refractivity contribution >= 4 is 9.84 Å². The summed E-state index contributed by atoms with van der Waals surface area (Å²) in [5.41, 5.74) is 0. The van der Waals surface area contributed by atoms with Crippen LogP contribution < -0.4 is 0 Å². The second kappa shape index (κ2) is 5.49. The lowest BCUT2D eigenvalue weighted by Crippen LogP contribution is -2.35. The molecule has 20 heavy (non-hydrogen) atoms. The van der Waals surface area contributed by atoms with E-state index in [0.717, 1.165) is 18.6 Å². The van der Waals surface area contributed by atoms with Crippen molar-refractivity contribution in [3.05, 3.63) is 29.8 Å². The highest BCUT2D eigenvalue weighted by Gasteiger charge is 2.40. The molecule has 1 aromatic carbocycles. The molecule has 1 aliphatic rings. The Hall–Kier alpha value is -1.48. The van der Waals surface area contributed by atoms with Crippen LogP contribution in [0.4, 0.5) is 8.78 Å². The van der Waals surface area contributed by atoms with Gasteiger partial charge >= 0.3 is 0 Å². The topological polar surface area (TPSA) is 57.9 Å². The molecule has 1 aromatic rings. The van der Waals surface area contributed by atoms with Crippen molar-refractivity contribution in [3.63, 3.8) is 0 Å². The van der Waals surface area contributed by atoms with Crippen molar-refractivity contribution in [2.24, 2.45) is 11.8 Å². The van der Waals surface area contributed by atoms with Crippen molar-refractivity contribution in [3.8, 4) is 6.07 Å². The maximum absolute atomic E-state index is 13.7. The van der Waals surface area contributed by atoms with Crippen molar-refractivity contribution in [2.45, 2.75) is 36.3 Å². The molecule has 0 heterocycles. The van der Waals surface area contributed by atoms with Gasteiger partial charge in [-0.3, -0.25) is 0 Å². The lowest BCUT2D eigenvalue weighted by atomic mass is 9.83. The summed E-state index contributed by atoms with van der Waals surface area (Å²) >= 11 is 0. The Morgan fingerprint density at radius 1 is 1.30 bits per heavy atom. The highest BCUT2D eigenvalue weighted by molar-refractivity contribution is 7.92. The zero-order valence-corrected chi connectivity index (χ0v) is 11.8. The number of hydrogen-bond acceptors (Lipinski definition) is 3. The first-order valence-corrected chi connectivity index (χ1v) is 7.99. The van der Waals surface area contributed by atoms with Crippen molar-refractivity contribution in [1.82, 2.24) is 0 Å². The summed E-state index contributed by atoms with van der Waals surface area (Å²) in [6.45, 7) is 1.91. The number of nitrogens with zero attached hydrogens (tertiary/aromatic N) is 1. The second-order valence-corrected chi connectivity index (χ2v) is 7.45. The molecule has 0 saturated heterocycles. The minimum atomic E-state index is -3.97. The SMILES string of the molecule is CC1CCC(C#N)C(S(=O)(=O)c2ccc(F)cc2F)C1. The van der Waals surface area contributed by atoms with Crippen LogP contribution in [0.1, 0.15) is 26.2 Å². The fourth-order valence-electron chi connectivity index (χ4n) is 2.69. The number of sulfone groups is 1.